The Hall–Kier alpha value is -3.26. The molecule has 0 amide bonds. The second kappa shape index (κ2) is 5.89. The predicted octanol–water partition coefficient (Wildman–Crippen LogP) is 7.34. The summed E-state index contributed by atoms with van der Waals surface area (Å²) >= 11 is 0. The molecule has 4 aromatic rings. The van der Waals surface area contributed by atoms with Gasteiger partial charge < -0.3 is 9.80 Å². The Morgan fingerprint density at radius 2 is 1.37 bits per heavy atom. The summed E-state index contributed by atoms with van der Waals surface area (Å²) < 4.78 is 0. The van der Waals surface area contributed by atoms with Crippen LogP contribution in [0.3, 0.4) is 0 Å². The van der Waals surface area contributed by atoms with Crippen LogP contribution in [0.2, 0.25) is 0 Å². The Morgan fingerprint density at radius 3 is 2.17 bits per heavy atom. The lowest BCUT2D eigenvalue weighted by atomic mass is 9.72. The minimum atomic E-state index is -0.0607. The van der Waals surface area contributed by atoms with Crippen molar-refractivity contribution in [2.75, 3.05) is 16.5 Å². The molecule has 2 aliphatic rings. The Balaban J connectivity index is 1.66. The summed E-state index contributed by atoms with van der Waals surface area (Å²) in [6.45, 7) is 10.1. The summed E-state index contributed by atoms with van der Waals surface area (Å²) in [7, 11) is 0. The number of para-hydroxylation sites is 2. The first-order chi connectivity index (χ1) is 14.5. The Bertz CT molecular complexity index is 1310. The lowest BCUT2D eigenvalue weighted by Crippen LogP contribution is -2.33. The number of hydrogen-bond acceptors (Lipinski definition) is 2. The molecule has 0 spiro atoms. The first kappa shape index (κ1) is 17.6. The van der Waals surface area contributed by atoms with Crippen molar-refractivity contribution in [2.24, 2.45) is 0 Å². The second-order valence-corrected chi connectivity index (χ2v) is 9.22. The smallest absolute Gasteiger partial charge is 0.100 e. The van der Waals surface area contributed by atoms with Gasteiger partial charge in [0.15, 0.2) is 0 Å². The monoisotopic (exact) mass is 390 g/mol. The van der Waals surface area contributed by atoms with Gasteiger partial charge in [-0.2, -0.15) is 0 Å². The zero-order valence-electron chi connectivity index (χ0n) is 18.0. The van der Waals surface area contributed by atoms with Crippen molar-refractivity contribution in [3.05, 3.63) is 95.1 Å². The van der Waals surface area contributed by atoms with E-state index in [2.05, 4.69) is 110 Å². The number of hydrogen-bond donors (Lipinski definition) is 0. The molecule has 2 heterocycles. The summed E-state index contributed by atoms with van der Waals surface area (Å²) in [6.07, 6.45) is 0. The quantitative estimate of drug-likeness (QED) is 0.335. The fraction of sp³-hybridized carbons (Fsp3) is 0.214. The van der Waals surface area contributed by atoms with Crippen LogP contribution in [0.4, 0.5) is 22.7 Å². The number of nitrogens with zero attached hydrogens (tertiary/aromatic N) is 2. The summed E-state index contributed by atoms with van der Waals surface area (Å²) in [4.78, 5) is 5.04. The van der Waals surface area contributed by atoms with E-state index in [1.165, 1.54) is 55.8 Å². The van der Waals surface area contributed by atoms with E-state index in [-0.39, 0.29) is 5.41 Å². The van der Waals surface area contributed by atoms with Crippen LogP contribution < -0.4 is 9.80 Å². The van der Waals surface area contributed by atoms with Gasteiger partial charge in [0.05, 0.1) is 11.4 Å². The van der Waals surface area contributed by atoms with E-state index in [0.29, 0.717) is 0 Å². The van der Waals surface area contributed by atoms with Crippen molar-refractivity contribution >= 4 is 33.5 Å². The lowest BCUT2D eigenvalue weighted by Gasteiger charge is -2.40. The molecular formula is C28H26N2. The maximum atomic E-state index is 2.53. The van der Waals surface area contributed by atoms with Gasteiger partial charge in [-0.15, -0.1) is 0 Å². The average Bonchev–Trinajstić information content (AvgIpc) is 3.11. The predicted molar refractivity (Wildman–Crippen MR) is 128 cm³/mol. The molecule has 2 nitrogen and oxygen atoms in total. The van der Waals surface area contributed by atoms with Gasteiger partial charge in [0.2, 0.25) is 0 Å². The molecule has 4 aromatic carbocycles. The highest BCUT2D eigenvalue weighted by atomic mass is 15.4. The molecule has 0 aliphatic carbocycles. The molecule has 0 N–H and O–H groups in total. The van der Waals surface area contributed by atoms with E-state index in [1.54, 1.807) is 0 Å². The van der Waals surface area contributed by atoms with Crippen molar-refractivity contribution in [1.29, 1.82) is 0 Å². The molecule has 0 saturated carbocycles. The summed E-state index contributed by atoms with van der Waals surface area (Å²) in [5, 5.41) is 2.68. The van der Waals surface area contributed by atoms with Crippen LogP contribution in [0.5, 0.6) is 0 Å². The second-order valence-electron chi connectivity index (χ2n) is 9.22. The van der Waals surface area contributed by atoms with Crippen LogP contribution in [-0.2, 0) is 5.41 Å². The van der Waals surface area contributed by atoms with Crippen molar-refractivity contribution in [3.8, 4) is 0 Å². The third-order valence-electron chi connectivity index (χ3n) is 7.06. The number of anilines is 4. The van der Waals surface area contributed by atoms with Crippen LogP contribution in [0.25, 0.3) is 10.8 Å². The largest absolute Gasteiger partial charge is 0.320 e. The average molecular weight is 391 g/mol. The Labute approximate surface area is 178 Å². The summed E-state index contributed by atoms with van der Waals surface area (Å²) in [6, 6.07) is 26.9. The molecule has 30 heavy (non-hydrogen) atoms. The van der Waals surface area contributed by atoms with Crippen molar-refractivity contribution < 1.29 is 0 Å². The highest BCUT2D eigenvalue weighted by Gasteiger charge is 2.43. The zero-order chi connectivity index (χ0) is 20.6. The number of fused-ring (bicyclic) bond motifs is 4. The summed E-state index contributed by atoms with van der Waals surface area (Å²) in [5.41, 5.74) is 10.8. The molecular weight excluding hydrogens is 364 g/mol. The third-order valence-corrected chi connectivity index (χ3v) is 7.06. The third kappa shape index (κ3) is 2.14. The van der Waals surface area contributed by atoms with E-state index in [4.69, 9.17) is 0 Å². The zero-order valence-corrected chi connectivity index (χ0v) is 18.0. The van der Waals surface area contributed by atoms with Gasteiger partial charge in [0.25, 0.3) is 0 Å². The first-order valence-electron chi connectivity index (χ1n) is 10.8. The van der Waals surface area contributed by atoms with Gasteiger partial charge in [0, 0.05) is 16.8 Å². The Morgan fingerprint density at radius 1 is 0.667 bits per heavy atom. The van der Waals surface area contributed by atoms with E-state index < -0.39 is 0 Å². The topological polar surface area (TPSA) is 6.48 Å². The van der Waals surface area contributed by atoms with Crippen LogP contribution >= 0.6 is 0 Å². The molecule has 148 valence electrons. The fourth-order valence-corrected chi connectivity index (χ4v) is 5.72. The van der Waals surface area contributed by atoms with Gasteiger partial charge in [-0.05, 0) is 59.0 Å². The highest BCUT2D eigenvalue weighted by Crippen LogP contribution is 2.57. The Kier molecular flexibility index (Phi) is 3.45. The van der Waals surface area contributed by atoms with Gasteiger partial charge in [-0.1, -0.05) is 74.5 Å². The molecule has 0 aromatic heterocycles. The molecule has 2 heteroatoms. The van der Waals surface area contributed by atoms with E-state index >= 15 is 0 Å². The van der Waals surface area contributed by atoms with Crippen molar-refractivity contribution in [1.82, 2.24) is 0 Å². The van der Waals surface area contributed by atoms with Crippen LogP contribution in [0.1, 0.15) is 36.1 Å². The molecule has 2 aliphatic heterocycles. The highest BCUT2D eigenvalue weighted by molar-refractivity contribution is 6.00. The van der Waals surface area contributed by atoms with Crippen LogP contribution in [-0.4, -0.2) is 6.67 Å². The number of rotatable bonds is 1. The van der Waals surface area contributed by atoms with E-state index in [1.807, 2.05) is 0 Å². The fourth-order valence-electron chi connectivity index (χ4n) is 5.72. The molecule has 0 radical (unpaired) electrons. The minimum absolute atomic E-state index is 0.0607. The van der Waals surface area contributed by atoms with Gasteiger partial charge >= 0.3 is 0 Å². The molecule has 0 bridgehead atoms. The lowest BCUT2D eigenvalue weighted by molar-refractivity contribution is 0.635. The SMILES string of the molecule is Cc1cccc(C)c1N1CN2c3ccc4ccccc4c3C(C)(C)c3cccc1c32. The van der Waals surface area contributed by atoms with Crippen LogP contribution in [0, 0.1) is 13.8 Å². The number of aryl methyl sites for hydroxylation is 2. The van der Waals surface area contributed by atoms with Crippen molar-refractivity contribution in [3.63, 3.8) is 0 Å². The van der Waals surface area contributed by atoms with E-state index in [0.717, 1.165) is 6.67 Å². The summed E-state index contributed by atoms with van der Waals surface area (Å²) in [5.74, 6) is 0. The molecule has 0 fully saturated rings. The maximum absolute atomic E-state index is 2.53. The molecule has 0 unspecified atom stereocenters. The maximum Gasteiger partial charge on any atom is 0.100 e. The molecule has 0 saturated heterocycles. The molecule has 0 atom stereocenters. The van der Waals surface area contributed by atoms with Gasteiger partial charge in [0.1, 0.15) is 6.67 Å². The van der Waals surface area contributed by atoms with Gasteiger partial charge in [-0.25, -0.2) is 0 Å². The van der Waals surface area contributed by atoms with E-state index in [9.17, 15) is 0 Å². The minimum Gasteiger partial charge on any atom is -0.320 e. The normalized spacial score (nSPS) is 16.0. The number of benzene rings is 4. The van der Waals surface area contributed by atoms with Gasteiger partial charge in [-0.3, -0.25) is 0 Å². The van der Waals surface area contributed by atoms with Crippen LogP contribution in [0.15, 0.2) is 72.8 Å². The standard InChI is InChI=1S/C28H26N2/c1-18-9-7-10-19(2)26(18)30-17-29-23-16-15-20-11-5-6-12-21(20)25(23)28(3,4)22-13-8-14-24(30)27(22)29/h5-16H,17H2,1-4H3. The molecule has 6 rings (SSSR count). The first-order valence-corrected chi connectivity index (χ1v) is 10.8. The van der Waals surface area contributed by atoms with Crippen molar-refractivity contribution in [2.45, 2.75) is 33.1 Å².